The number of anilines is 3. The van der Waals surface area contributed by atoms with Crippen molar-refractivity contribution in [3.8, 4) is 17.3 Å². The molecule has 0 N–H and O–H groups in total. The molecule has 0 aliphatic carbocycles. The third kappa shape index (κ3) is 4.27. The Morgan fingerprint density at radius 2 is 1.38 bits per heavy atom. The van der Waals surface area contributed by atoms with Crippen LogP contribution in [0.25, 0.3) is 44.0 Å². The number of aromatic nitrogens is 1. The topological polar surface area (TPSA) is 53.1 Å². The summed E-state index contributed by atoms with van der Waals surface area (Å²) < 4.78 is 6.73. The molecule has 0 unspecified atom stereocenters. The molecule has 0 bridgehead atoms. The van der Waals surface area contributed by atoms with E-state index < -0.39 is 0 Å². The van der Waals surface area contributed by atoms with Crippen molar-refractivity contribution in [2.45, 2.75) is 26.2 Å². The maximum Gasteiger partial charge on any atom is 0.144 e. The number of hydrogen-bond donors (Lipinski definition) is 0. The van der Waals surface area contributed by atoms with Crippen LogP contribution in [-0.4, -0.2) is 4.98 Å². The molecule has 0 atom stereocenters. The van der Waals surface area contributed by atoms with Crippen LogP contribution in [0.15, 0.2) is 126 Å². The van der Waals surface area contributed by atoms with Crippen LogP contribution in [0.4, 0.5) is 17.1 Å². The minimum absolute atomic E-state index is 0.0309. The molecule has 0 amide bonds. The van der Waals surface area contributed by atoms with Crippen molar-refractivity contribution >= 4 is 49.8 Å². The van der Waals surface area contributed by atoms with Crippen LogP contribution >= 0.6 is 0 Å². The average molecular weight is 544 g/mol. The quantitative estimate of drug-likeness (QED) is 0.222. The summed E-state index contributed by atoms with van der Waals surface area (Å²) in [5.74, 6) is 0. The van der Waals surface area contributed by atoms with Gasteiger partial charge in [-0.2, -0.15) is 5.26 Å². The molecule has 5 aromatic carbocycles. The third-order valence-electron chi connectivity index (χ3n) is 7.89. The highest BCUT2D eigenvalue weighted by atomic mass is 16.3. The smallest absolute Gasteiger partial charge is 0.144 e. The fourth-order valence-electron chi connectivity index (χ4n) is 5.67. The maximum atomic E-state index is 10.3. The van der Waals surface area contributed by atoms with Gasteiger partial charge in [-0.3, -0.25) is 4.98 Å². The van der Waals surface area contributed by atoms with E-state index >= 15 is 0 Å². The van der Waals surface area contributed by atoms with E-state index in [1.807, 2.05) is 48.7 Å². The predicted octanol–water partition coefficient (Wildman–Crippen LogP) is 10.4. The SMILES string of the molecule is CC(C)(C)c1ccc(-c2cccc3c2oc2c4cc(N(c5ccccc5)c5ccccc5)c(C#N)cc4ccc32)nc1. The first kappa shape index (κ1) is 25.6. The molecule has 4 nitrogen and oxygen atoms in total. The maximum absolute atomic E-state index is 10.3. The zero-order valence-corrected chi connectivity index (χ0v) is 23.8. The van der Waals surface area contributed by atoms with Crippen molar-refractivity contribution < 1.29 is 4.42 Å². The Balaban J connectivity index is 1.47. The lowest BCUT2D eigenvalue weighted by atomic mass is 9.88. The molecule has 0 aliphatic rings. The number of nitriles is 1. The van der Waals surface area contributed by atoms with Gasteiger partial charge in [0.05, 0.1) is 16.9 Å². The van der Waals surface area contributed by atoms with Gasteiger partial charge in [0.2, 0.25) is 0 Å². The lowest BCUT2D eigenvalue weighted by Crippen LogP contribution is -2.11. The standard InChI is InChI=1S/C38H29N3O/c1-38(2,3)27-18-20-34(40-24-27)32-16-10-15-30-31-19-17-25-21-26(23-39)35(22-33(25)37(31)42-36(30)32)41(28-11-6-4-7-12-28)29-13-8-5-9-14-29/h4-22,24H,1-3H3. The first-order valence-electron chi connectivity index (χ1n) is 14.1. The lowest BCUT2D eigenvalue weighted by Gasteiger charge is -2.26. The first-order chi connectivity index (χ1) is 20.4. The van der Waals surface area contributed by atoms with E-state index in [1.165, 1.54) is 5.56 Å². The normalized spacial score (nSPS) is 11.7. The molecule has 42 heavy (non-hydrogen) atoms. The van der Waals surface area contributed by atoms with Crippen LogP contribution < -0.4 is 4.90 Å². The lowest BCUT2D eigenvalue weighted by molar-refractivity contribution is 0.587. The van der Waals surface area contributed by atoms with Gasteiger partial charge in [-0.1, -0.05) is 81.4 Å². The molecule has 202 valence electrons. The van der Waals surface area contributed by atoms with Gasteiger partial charge in [0.15, 0.2) is 0 Å². The van der Waals surface area contributed by atoms with E-state index in [0.29, 0.717) is 5.56 Å². The van der Waals surface area contributed by atoms with Crippen LogP contribution in [0, 0.1) is 11.3 Å². The Morgan fingerprint density at radius 3 is 2.00 bits per heavy atom. The zero-order valence-electron chi connectivity index (χ0n) is 23.8. The Bertz CT molecular complexity index is 2080. The van der Waals surface area contributed by atoms with Crippen LogP contribution in [0.2, 0.25) is 0 Å². The minimum atomic E-state index is 0.0309. The molecule has 2 heterocycles. The van der Waals surface area contributed by atoms with E-state index in [9.17, 15) is 5.26 Å². The van der Waals surface area contributed by atoms with Gasteiger partial charge < -0.3 is 9.32 Å². The molecule has 0 radical (unpaired) electrons. The van der Waals surface area contributed by atoms with Gasteiger partial charge in [0.1, 0.15) is 17.2 Å². The largest absolute Gasteiger partial charge is 0.455 e. The molecule has 0 saturated carbocycles. The molecule has 0 spiro atoms. The zero-order chi connectivity index (χ0) is 28.8. The van der Waals surface area contributed by atoms with Crippen LogP contribution in [0.3, 0.4) is 0 Å². The summed E-state index contributed by atoms with van der Waals surface area (Å²) in [4.78, 5) is 6.95. The summed E-state index contributed by atoms with van der Waals surface area (Å²) >= 11 is 0. The van der Waals surface area contributed by atoms with Crippen molar-refractivity contribution in [3.05, 3.63) is 133 Å². The number of fused-ring (bicyclic) bond motifs is 5. The number of furan rings is 1. The van der Waals surface area contributed by atoms with E-state index in [0.717, 1.165) is 61.0 Å². The van der Waals surface area contributed by atoms with Gasteiger partial charge in [0.25, 0.3) is 0 Å². The summed E-state index contributed by atoms with van der Waals surface area (Å²) in [6.07, 6.45) is 1.96. The van der Waals surface area contributed by atoms with Gasteiger partial charge >= 0.3 is 0 Å². The van der Waals surface area contributed by atoms with Gasteiger partial charge in [0, 0.05) is 39.3 Å². The number of para-hydroxylation sites is 3. The fourth-order valence-corrected chi connectivity index (χ4v) is 5.67. The summed E-state index contributed by atoms with van der Waals surface area (Å²) in [6, 6.07) is 41.4. The Kier molecular flexibility index (Phi) is 6.03. The number of benzene rings is 5. The van der Waals surface area contributed by atoms with Crippen LogP contribution in [-0.2, 0) is 5.41 Å². The number of nitrogens with zero attached hydrogens (tertiary/aromatic N) is 3. The van der Waals surface area contributed by atoms with Crippen molar-refractivity contribution in [2.75, 3.05) is 4.90 Å². The summed E-state index contributed by atoms with van der Waals surface area (Å²) in [5.41, 5.74) is 8.01. The first-order valence-corrected chi connectivity index (χ1v) is 14.1. The number of hydrogen-bond acceptors (Lipinski definition) is 4. The van der Waals surface area contributed by atoms with E-state index in [1.54, 1.807) is 0 Å². The number of rotatable bonds is 4. The number of pyridine rings is 1. The second-order valence-electron chi connectivity index (χ2n) is 11.6. The van der Waals surface area contributed by atoms with Gasteiger partial charge in [-0.05, 0) is 71.0 Å². The highest BCUT2D eigenvalue weighted by molar-refractivity contribution is 6.18. The van der Waals surface area contributed by atoms with Crippen molar-refractivity contribution in [2.24, 2.45) is 0 Å². The fraction of sp³-hybridized carbons (Fsp3) is 0.105. The van der Waals surface area contributed by atoms with Gasteiger partial charge in [-0.25, -0.2) is 0 Å². The van der Waals surface area contributed by atoms with Crippen molar-refractivity contribution in [3.63, 3.8) is 0 Å². The Morgan fingerprint density at radius 1 is 0.690 bits per heavy atom. The highest BCUT2D eigenvalue weighted by Crippen LogP contribution is 2.43. The summed E-state index contributed by atoms with van der Waals surface area (Å²) in [7, 11) is 0. The highest BCUT2D eigenvalue weighted by Gasteiger charge is 2.21. The molecular weight excluding hydrogens is 514 g/mol. The molecule has 2 aromatic heterocycles. The second kappa shape index (κ2) is 9.90. The molecular formula is C38H29N3O. The summed E-state index contributed by atoms with van der Waals surface area (Å²) in [5, 5.41) is 14.3. The molecule has 0 aliphatic heterocycles. The molecule has 0 fully saturated rings. The average Bonchev–Trinajstić information content (AvgIpc) is 3.41. The van der Waals surface area contributed by atoms with Gasteiger partial charge in [-0.15, -0.1) is 0 Å². The monoisotopic (exact) mass is 543 g/mol. The minimum Gasteiger partial charge on any atom is -0.455 e. The van der Waals surface area contributed by atoms with Crippen molar-refractivity contribution in [1.29, 1.82) is 5.26 Å². The Hall–Kier alpha value is -5.40. The third-order valence-corrected chi connectivity index (χ3v) is 7.89. The van der Waals surface area contributed by atoms with Crippen molar-refractivity contribution in [1.82, 2.24) is 4.98 Å². The van der Waals surface area contributed by atoms with E-state index in [2.05, 4.69) is 105 Å². The second-order valence-corrected chi connectivity index (χ2v) is 11.6. The molecule has 7 aromatic rings. The Labute approximate surface area is 245 Å². The van der Waals surface area contributed by atoms with E-state index in [4.69, 9.17) is 9.40 Å². The van der Waals surface area contributed by atoms with E-state index in [-0.39, 0.29) is 5.41 Å². The van der Waals surface area contributed by atoms with Crippen LogP contribution in [0.5, 0.6) is 0 Å². The summed E-state index contributed by atoms with van der Waals surface area (Å²) in [6.45, 7) is 6.58. The molecule has 0 saturated heterocycles. The molecule has 4 heteroatoms. The predicted molar refractivity (Wildman–Crippen MR) is 173 cm³/mol. The molecule has 7 rings (SSSR count). The van der Waals surface area contributed by atoms with Crippen LogP contribution in [0.1, 0.15) is 31.9 Å².